The lowest BCUT2D eigenvalue weighted by atomic mass is 10.1. The molecule has 3 rings (SSSR count). The zero-order valence-corrected chi connectivity index (χ0v) is 19.7. The predicted molar refractivity (Wildman–Crippen MR) is 126 cm³/mol. The smallest absolute Gasteiger partial charge is 0.255 e. The standard InChI is InChI=1S/C23H28N4O6S/c1-2-16-7-8-17(15-20(16)34(31,32)27-11-13-33-14-12-27)22(29)26-19-6-4-3-5-18(19)23(30)25-10-9-21(24)28/h3-8,15H,2,9-14H2,1H3,(H2,24,28)(H,25,30)(H,26,29). The van der Waals surface area contributed by atoms with Gasteiger partial charge in [-0.3, -0.25) is 14.4 Å². The molecule has 1 fully saturated rings. The van der Waals surface area contributed by atoms with Crippen LogP contribution in [0.4, 0.5) is 5.69 Å². The maximum Gasteiger partial charge on any atom is 0.255 e. The van der Waals surface area contributed by atoms with Crippen LogP contribution in [-0.4, -0.2) is 63.3 Å². The highest BCUT2D eigenvalue weighted by Crippen LogP contribution is 2.24. The average Bonchev–Trinajstić information content (AvgIpc) is 2.84. The van der Waals surface area contributed by atoms with E-state index in [0.29, 0.717) is 25.2 Å². The van der Waals surface area contributed by atoms with Gasteiger partial charge in [-0.15, -0.1) is 0 Å². The van der Waals surface area contributed by atoms with Crippen molar-refractivity contribution < 1.29 is 27.5 Å². The Balaban J connectivity index is 1.84. The van der Waals surface area contributed by atoms with E-state index in [0.717, 1.165) is 0 Å². The molecule has 1 heterocycles. The molecule has 4 N–H and O–H groups in total. The summed E-state index contributed by atoms with van der Waals surface area (Å²) >= 11 is 0. The number of anilines is 1. The molecule has 0 aliphatic carbocycles. The Labute approximate surface area is 198 Å². The number of carbonyl (C=O) groups is 3. The number of aryl methyl sites for hydroxylation is 1. The van der Waals surface area contributed by atoms with Crippen LogP contribution < -0.4 is 16.4 Å². The van der Waals surface area contributed by atoms with Gasteiger partial charge in [-0.05, 0) is 36.2 Å². The first-order chi connectivity index (χ1) is 16.2. The average molecular weight is 489 g/mol. The van der Waals surface area contributed by atoms with Gasteiger partial charge < -0.3 is 21.1 Å². The van der Waals surface area contributed by atoms with Gasteiger partial charge in [0.2, 0.25) is 15.9 Å². The normalized spacial score (nSPS) is 14.4. The van der Waals surface area contributed by atoms with Gasteiger partial charge >= 0.3 is 0 Å². The summed E-state index contributed by atoms with van der Waals surface area (Å²) in [6, 6.07) is 10.9. The van der Waals surface area contributed by atoms with Crippen molar-refractivity contribution in [1.82, 2.24) is 9.62 Å². The summed E-state index contributed by atoms with van der Waals surface area (Å²) in [4.78, 5) is 36.5. The summed E-state index contributed by atoms with van der Waals surface area (Å²) in [7, 11) is -3.80. The van der Waals surface area contributed by atoms with E-state index in [1.54, 1.807) is 30.3 Å². The predicted octanol–water partition coefficient (Wildman–Crippen LogP) is 1.13. The van der Waals surface area contributed by atoms with Gasteiger partial charge in [0, 0.05) is 31.6 Å². The van der Waals surface area contributed by atoms with E-state index < -0.39 is 27.7 Å². The Morgan fingerprint density at radius 3 is 2.44 bits per heavy atom. The van der Waals surface area contributed by atoms with Crippen molar-refractivity contribution in [3.8, 4) is 0 Å². The van der Waals surface area contributed by atoms with E-state index in [4.69, 9.17) is 10.5 Å². The minimum absolute atomic E-state index is 0.00949. The van der Waals surface area contributed by atoms with Crippen LogP contribution in [0.15, 0.2) is 47.4 Å². The lowest BCUT2D eigenvalue weighted by Crippen LogP contribution is -2.41. The Hall–Kier alpha value is -3.28. The fourth-order valence-electron chi connectivity index (χ4n) is 3.53. The maximum absolute atomic E-state index is 13.2. The highest BCUT2D eigenvalue weighted by atomic mass is 32.2. The zero-order chi connectivity index (χ0) is 24.7. The molecule has 1 aliphatic rings. The maximum atomic E-state index is 13.2. The molecule has 0 spiro atoms. The number of sulfonamides is 1. The monoisotopic (exact) mass is 488 g/mol. The molecule has 34 heavy (non-hydrogen) atoms. The fraction of sp³-hybridized carbons (Fsp3) is 0.348. The molecule has 0 atom stereocenters. The number of morpholine rings is 1. The number of amides is 3. The van der Waals surface area contributed by atoms with Gasteiger partial charge in [0.15, 0.2) is 0 Å². The first-order valence-corrected chi connectivity index (χ1v) is 12.4. The van der Waals surface area contributed by atoms with Gasteiger partial charge in [-0.25, -0.2) is 8.42 Å². The van der Waals surface area contributed by atoms with Crippen molar-refractivity contribution >= 4 is 33.4 Å². The molecule has 1 saturated heterocycles. The van der Waals surface area contributed by atoms with Gasteiger partial charge in [0.1, 0.15) is 0 Å². The van der Waals surface area contributed by atoms with Gasteiger partial charge in [-0.2, -0.15) is 4.31 Å². The molecule has 2 aromatic rings. The van der Waals surface area contributed by atoms with E-state index in [2.05, 4.69) is 10.6 Å². The number of hydrogen-bond donors (Lipinski definition) is 3. The first-order valence-electron chi connectivity index (χ1n) is 10.9. The molecule has 1 aliphatic heterocycles. The third-order valence-corrected chi connectivity index (χ3v) is 7.36. The molecular formula is C23H28N4O6S. The molecule has 10 nitrogen and oxygen atoms in total. The Morgan fingerprint density at radius 1 is 1.06 bits per heavy atom. The summed E-state index contributed by atoms with van der Waals surface area (Å²) in [5, 5.41) is 5.26. The number of nitrogens with two attached hydrogens (primary N) is 1. The molecule has 0 radical (unpaired) electrons. The second kappa shape index (κ2) is 11.2. The Morgan fingerprint density at radius 2 is 1.76 bits per heavy atom. The van der Waals surface area contributed by atoms with E-state index >= 15 is 0 Å². The van der Waals surface area contributed by atoms with Crippen molar-refractivity contribution in [1.29, 1.82) is 0 Å². The van der Waals surface area contributed by atoms with Crippen molar-refractivity contribution in [2.24, 2.45) is 5.73 Å². The largest absolute Gasteiger partial charge is 0.379 e. The second-order valence-electron chi connectivity index (χ2n) is 7.66. The molecule has 3 amide bonds. The van der Waals surface area contributed by atoms with Crippen molar-refractivity contribution in [2.75, 3.05) is 38.2 Å². The van der Waals surface area contributed by atoms with E-state index in [1.807, 2.05) is 6.92 Å². The molecule has 0 unspecified atom stereocenters. The van der Waals surface area contributed by atoms with Crippen LogP contribution >= 0.6 is 0 Å². The van der Waals surface area contributed by atoms with Crippen LogP contribution in [0.25, 0.3) is 0 Å². The number of para-hydroxylation sites is 1. The number of ether oxygens (including phenoxy) is 1. The van der Waals surface area contributed by atoms with Gasteiger partial charge in [-0.1, -0.05) is 25.1 Å². The van der Waals surface area contributed by atoms with E-state index in [9.17, 15) is 22.8 Å². The number of nitrogens with one attached hydrogen (secondary N) is 2. The fourth-order valence-corrected chi connectivity index (χ4v) is 5.26. The van der Waals surface area contributed by atoms with Crippen LogP contribution in [0.2, 0.25) is 0 Å². The SMILES string of the molecule is CCc1ccc(C(=O)Nc2ccccc2C(=O)NCCC(N)=O)cc1S(=O)(=O)N1CCOCC1. The summed E-state index contributed by atoms with van der Waals surface area (Å²) in [6.07, 6.45) is 0.472. The Bertz CT molecular complexity index is 1180. The molecule has 182 valence electrons. The van der Waals surface area contributed by atoms with Crippen molar-refractivity contribution in [3.63, 3.8) is 0 Å². The van der Waals surface area contributed by atoms with Crippen LogP contribution in [0.3, 0.4) is 0 Å². The Kier molecular flexibility index (Phi) is 8.37. The third-order valence-electron chi connectivity index (χ3n) is 5.37. The lowest BCUT2D eigenvalue weighted by molar-refractivity contribution is -0.117. The second-order valence-corrected chi connectivity index (χ2v) is 9.57. The van der Waals surface area contributed by atoms with Crippen LogP contribution in [-0.2, 0) is 26.0 Å². The van der Waals surface area contributed by atoms with Crippen LogP contribution in [0.5, 0.6) is 0 Å². The topological polar surface area (TPSA) is 148 Å². The number of rotatable bonds is 9. The molecule has 0 saturated carbocycles. The number of nitrogens with zero attached hydrogens (tertiary/aromatic N) is 1. The van der Waals surface area contributed by atoms with Crippen molar-refractivity contribution in [2.45, 2.75) is 24.7 Å². The summed E-state index contributed by atoms with van der Waals surface area (Å²) in [5.74, 6) is -1.58. The van der Waals surface area contributed by atoms with Crippen LogP contribution in [0, 0.1) is 0 Å². The van der Waals surface area contributed by atoms with E-state index in [1.165, 1.54) is 16.4 Å². The highest BCUT2D eigenvalue weighted by Gasteiger charge is 2.29. The summed E-state index contributed by atoms with van der Waals surface area (Å²) in [5.41, 5.74) is 6.30. The molecule has 0 aromatic heterocycles. The zero-order valence-electron chi connectivity index (χ0n) is 18.9. The minimum atomic E-state index is -3.80. The highest BCUT2D eigenvalue weighted by molar-refractivity contribution is 7.89. The molecular weight excluding hydrogens is 460 g/mol. The van der Waals surface area contributed by atoms with Crippen LogP contribution in [0.1, 0.15) is 39.6 Å². The third kappa shape index (κ3) is 5.99. The van der Waals surface area contributed by atoms with E-state index in [-0.39, 0.29) is 47.8 Å². The summed E-state index contributed by atoms with van der Waals surface area (Å²) < 4.78 is 33.1. The minimum Gasteiger partial charge on any atom is -0.379 e. The van der Waals surface area contributed by atoms with Crippen molar-refractivity contribution in [3.05, 3.63) is 59.2 Å². The number of primary amides is 1. The number of hydrogen-bond acceptors (Lipinski definition) is 6. The molecule has 11 heteroatoms. The lowest BCUT2D eigenvalue weighted by Gasteiger charge is -2.27. The summed E-state index contributed by atoms with van der Waals surface area (Å²) in [6.45, 7) is 3.05. The van der Waals surface area contributed by atoms with Gasteiger partial charge in [0.05, 0.1) is 29.4 Å². The number of benzene rings is 2. The molecule has 0 bridgehead atoms. The number of carbonyl (C=O) groups excluding carboxylic acids is 3. The first kappa shape index (κ1) is 25.3. The molecule has 2 aromatic carbocycles. The quantitative estimate of drug-likeness (QED) is 0.482. The van der Waals surface area contributed by atoms with Gasteiger partial charge in [0.25, 0.3) is 11.8 Å².